The molecule has 0 atom stereocenters. The van der Waals surface area contributed by atoms with Gasteiger partial charge < -0.3 is 9.31 Å². The van der Waals surface area contributed by atoms with Gasteiger partial charge in [-0.1, -0.05) is 11.6 Å². The molecule has 0 saturated carbocycles. The molecule has 0 aromatic carbocycles. The first-order chi connectivity index (χ1) is 7.32. The summed E-state index contributed by atoms with van der Waals surface area (Å²) in [5.41, 5.74) is -0.246. The molecule has 86 valence electrons. The van der Waals surface area contributed by atoms with Crippen LogP contribution in [0.3, 0.4) is 0 Å². The minimum absolute atomic E-state index is 0.374. The molecule has 0 spiro atoms. The van der Waals surface area contributed by atoms with Gasteiger partial charge in [-0.2, -0.15) is 0 Å². The second-order valence-electron chi connectivity index (χ2n) is 4.85. The summed E-state index contributed by atoms with van der Waals surface area (Å²) < 4.78 is 11.6. The van der Waals surface area contributed by atoms with E-state index >= 15 is 0 Å². The van der Waals surface area contributed by atoms with Crippen molar-refractivity contribution in [2.45, 2.75) is 38.9 Å². The Bertz CT molecular complexity index is 378. The van der Waals surface area contributed by atoms with Gasteiger partial charge in [0, 0.05) is 12.4 Å². The average molecular weight is 240 g/mol. The second kappa shape index (κ2) is 3.69. The maximum absolute atomic E-state index is 5.80. The molecule has 16 heavy (non-hydrogen) atoms. The number of aromatic nitrogens is 2. The maximum Gasteiger partial charge on any atom is 0.534 e. The normalized spacial score (nSPS) is 22.4. The van der Waals surface area contributed by atoms with Crippen LogP contribution >= 0.6 is 11.6 Å². The Labute approximate surface area is 100 Å². The molecule has 4 nitrogen and oxygen atoms in total. The summed E-state index contributed by atoms with van der Waals surface area (Å²) in [4.78, 5) is 8.20. The van der Waals surface area contributed by atoms with Crippen LogP contribution in [-0.2, 0) is 9.31 Å². The molecule has 0 N–H and O–H groups in total. The monoisotopic (exact) mass is 240 g/mol. The summed E-state index contributed by atoms with van der Waals surface area (Å²) in [5.74, 6) is 0. The fourth-order valence-corrected chi connectivity index (χ4v) is 1.49. The molecule has 6 heteroatoms. The summed E-state index contributed by atoms with van der Waals surface area (Å²) in [6, 6.07) is 0. The molecule has 1 aromatic rings. The highest BCUT2D eigenvalue weighted by atomic mass is 35.5. The third-order valence-electron chi connectivity index (χ3n) is 3.10. The Morgan fingerprint density at radius 1 is 1.06 bits per heavy atom. The van der Waals surface area contributed by atoms with E-state index in [9.17, 15) is 0 Å². The van der Waals surface area contributed by atoms with Crippen LogP contribution in [0, 0.1) is 0 Å². The standard InChI is InChI=1S/C10H14BClN2O2/c1-9(2)10(3,4)16-11(15-9)8-13-5-7(12)6-14-8/h5-6H,1-4H3. The largest absolute Gasteiger partial charge is 0.534 e. The zero-order valence-corrected chi connectivity index (χ0v) is 10.6. The van der Waals surface area contributed by atoms with Crippen molar-refractivity contribution in [3.8, 4) is 0 Å². The molecule has 0 unspecified atom stereocenters. The lowest BCUT2D eigenvalue weighted by molar-refractivity contribution is 0.00578. The molecule has 0 aliphatic carbocycles. The van der Waals surface area contributed by atoms with Crippen LogP contribution in [0.5, 0.6) is 0 Å². The summed E-state index contributed by atoms with van der Waals surface area (Å²) >= 11 is 5.72. The van der Waals surface area contributed by atoms with Gasteiger partial charge in [-0.15, -0.1) is 0 Å². The Balaban J connectivity index is 2.23. The van der Waals surface area contributed by atoms with Crippen molar-refractivity contribution in [3.05, 3.63) is 17.4 Å². The van der Waals surface area contributed by atoms with Crippen molar-refractivity contribution in [2.24, 2.45) is 0 Å². The van der Waals surface area contributed by atoms with Crippen LogP contribution in [0.1, 0.15) is 27.7 Å². The van der Waals surface area contributed by atoms with E-state index in [1.807, 2.05) is 27.7 Å². The van der Waals surface area contributed by atoms with Gasteiger partial charge in [0.15, 0.2) is 5.72 Å². The first kappa shape index (κ1) is 11.8. The average Bonchev–Trinajstić information content (AvgIpc) is 2.37. The Morgan fingerprint density at radius 3 is 1.94 bits per heavy atom. The second-order valence-corrected chi connectivity index (χ2v) is 5.28. The Kier molecular flexibility index (Phi) is 2.73. The highest BCUT2D eigenvalue weighted by Crippen LogP contribution is 2.36. The number of nitrogens with zero attached hydrogens (tertiary/aromatic N) is 2. The predicted octanol–water partition coefficient (Wildman–Crippen LogP) is 1.43. The van der Waals surface area contributed by atoms with Crippen LogP contribution in [0.15, 0.2) is 12.4 Å². The van der Waals surface area contributed by atoms with Gasteiger partial charge in [0.2, 0.25) is 0 Å². The van der Waals surface area contributed by atoms with E-state index in [1.165, 1.54) is 12.4 Å². The summed E-state index contributed by atoms with van der Waals surface area (Å²) in [6.45, 7) is 7.96. The van der Waals surface area contributed by atoms with E-state index in [2.05, 4.69) is 9.97 Å². The predicted molar refractivity (Wildman–Crippen MR) is 62.8 cm³/mol. The summed E-state index contributed by atoms with van der Waals surface area (Å²) in [7, 11) is -0.526. The Morgan fingerprint density at radius 2 is 1.50 bits per heavy atom. The van der Waals surface area contributed by atoms with Gasteiger partial charge in [-0.05, 0) is 27.7 Å². The molecular weight excluding hydrogens is 226 g/mol. The topological polar surface area (TPSA) is 44.2 Å². The first-order valence-corrected chi connectivity index (χ1v) is 5.53. The molecule has 1 saturated heterocycles. The van der Waals surface area contributed by atoms with Crippen molar-refractivity contribution in [2.75, 3.05) is 0 Å². The minimum Gasteiger partial charge on any atom is -0.397 e. The first-order valence-electron chi connectivity index (χ1n) is 5.15. The fraction of sp³-hybridized carbons (Fsp3) is 0.600. The van der Waals surface area contributed by atoms with Crippen molar-refractivity contribution in [1.82, 2.24) is 9.97 Å². The van der Waals surface area contributed by atoms with E-state index < -0.39 is 7.12 Å². The van der Waals surface area contributed by atoms with Gasteiger partial charge in [0.1, 0.15) is 0 Å². The lowest BCUT2D eigenvalue weighted by atomic mass is 9.89. The minimum atomic E-state index is -0.526. The molecule has 1 fully saturated rings. The number of hydrogen-bond acceptors (Lipinski definition) is 4. The van der Waals surface area contributed by atoms with Crippen molar-refractivity contribution >= 4 is 24.4 Å². The highest BCUT2D eigenvalue weighted by Gasteiger charge is 2.53. The van der Waals surface area contributed by atoms with Crippen LogP contribution in [0.4, 0.5) is 0 Å². The van der Waals surface area contributed by atoms with Gasteiger partial charge in [0.05, 0.1) is 16.2 Å². The van der Waals surface area contributed by atoms with E-state index in [-0.39, 0.29) is 11.2 Å². The van der Waals surface area contributed by atoms with Crippen LogP contribution in [0.2, 0.25) is 5.02 Å². The third kappa shape index (κ3) is 1.95. The molecule has 2 heterocycles. The molecule has 0 bridgehead atoms. The van der Waals surface area contributed by atoms with E-state index in [0.29, 0.717) is 10.7 Å². The van der Waals surface area contributed by atoms with Gasteiger partial charge in [0.25, 0.3) is 0 Å². The van der Waals surface area contributed by atoms with E-state index in [1.54, 1.807) is 0 Å². The third-order valence-corrected chi connectivity index (χ3v) is 3.30. The van der Waals surface area contributed by atoms with Crippen LogP contribution in [-0.4, -0.2) is 28.3 Å². The number of rotatable bonds is 1. The van der Waals surface area contributed by atoms with E-state index in [4.69, 9.17) is 20.9 Å². The smallest absolute Gasteiger partial charge is 0.397 e. The van der Waals surface area contributed by atoms with Gasteiger partial charge in [-0.3, -0.25) is 0 Å². The molecule has 2 rings (SSSR count). The molecule has 1 aliphatic rings. The van der Waals surface area contributed by atoms with E-state index in [0.717, 1.165) is 0 Å². The quantitative estimate of drug-likeness (QED) is 0.697. The van der Waals surface area contributed by atoms with Gasteiger partial charge >= 0.3 is 7.12 Å². The number of hydrogen-bond donors (Lipinski definition) is 0. The SMILES string of the molecule is CC1(C)OB(c2ncc(Cl)cn2)OC1(C)C. The Hall–Kier alpha value is -0.645. The van der Waals surface area contributed by atoms with Crippen molar-refractivity contribution in [1.29, 1.82) is 0 Å². The van der Waals surface area contributed by atoms with Gasteiger partial charge in [-0.25, -0.2) is 9.97 Å². The lowest BCUT2D eigenvalue weighted by Crippen LogP contribution is -2.41. The molecular formula is C10H14BClN2O2. The van der Waals surface area contributed by atoms with Crippen molar-refractivity contribution < 1.29 is 9.31 Å². The van der Waals surface area contributed by atoms with Crippen molar-refractivity contribution in [3.63, 3.8) is 0 Å². The highest BCUT2D eigenvalue weighted by molar-refractivity contribution is 6.60. The number of halogens is 1. The molecule has 1 aliphatic heterocycles. The molecule has 0 radical (unpaired) electrons. The zero-order chi connectivity index (χ0) is 12.0. The molecule has 1 aromatic heterocycles. The summed E-state index contributed by atoms with van der Waals surface area (Å²) in [6.07, 6.45) is 3.07. The lowest BCUT2D eigenvalue weighted by Gasteiger charge is -2.32. The maximum atomic E-state index is 5.80. The van der Waals surface area contributed by atoms with Crippen LogP contribution < -0.4 is 5.72 Å². The summed E-state index contributed by atoms with van der Waals surface area (Å²) in [5, 5.41) is 0.500. The van der Waals surface area contributed by atoms with Crippen LogP contribution in [0.25, 0.3) is 0 Å². The zero-order valence-electron chi connectivity index (χ0n) is 9.82. The fourth-order valence-electron chi connectivity index (χ4n) is 1.39. The molecule has 0 amide bonds.